The fourth-order valence-corrected chi connectivity index (χ4v) is 3.23. The molecule has 0 aliphatic rings. The van der Waals surface area contributed by atoms with Crippen molar-refractivity contribution in [3.63, 3.8) is 0 Å². The summed E-state index contributed by atoms with van der Waals surface area (Å²) in [7, 11) is 0. The molecule has 0 radical (unpaired) electrons. The van der Waals surface area contributed by atoms with Crippen LogP contribution in [0.1, 0.15) is 10.6 Å². The van der Waals surface area contributed by atoms with Crippen LogP contribution in [0.25, 0.3) is 10.6 Å². The van der Waals surface area contributed by atoms with Crippen LogP contribution in [0.5, 0.6) is 0 Å². The van der Waals surface area contributed by atoms with Gasteiger partial charge in [-0.1, -0.05) is 23.2 Å². The predicted octanol–water partition coefficient (Wildman–Crippen LogP) is 4.18. The molecule has 2 rings (SSSR count). The molecule has 0 unspecified atom stereocenters. The lowest BCUT2D eigenvalue weighted by Crippen LogP contribution is -2.04. The van der Waals surface area contributed by atoms with E-state index in [-0.39, 0.29) is 6.61 Å². The van der Waals surface area contributed by atoms with Gasteiger partial charge in [0.25, 0.3) is 5.09 Å². The topological polar surface area (TPSA) is 65.3 Å². The Morgan fingerprint density at radius 3 is 2.60 bits per heavy atom. The maximum atomic E-state index is 10.1. The summed E-state index contributed by atoms with van der Waals surface area (Å²) in [6, 6.07) is 5.21. The Balaban J connectivity index is 2.19. The van der Waals surface area contributed by atoms with E-state index in [4.69, 9.17) is 23.2 Å². The Kier molecular flexibility index (Phi) is 4.80. The number of benzene rings is 1. The van der Waals surface area contributed by atoms with Gasteiger partial charge in [-0.25, -0.2) is 4.98 Å². The van der Waals surface area contributed by atoms with Crippen molar-refractivity contribution in [3.05, 3.63) is 48.9 Å². The van der Waals surface area contributed by atoms with E-state index in [1.807, 2.05) is 6.92 Å². The van der Waals surface area contributed by atoms with Crippen molar-refractivity contribution in [1.29, 1.82) is 0 Å². The largest absolute Gasteiger partial charge is 0.314 e. The molecule has 1 aromatic heterocycles. The molecule has 0 fully saturated rings. The number of hydrogen-bond donors (Lipinski definition) is 0. The average molecular weight is 333 g/mol. The van der Waals surface area contributed by atoms with Gasteiger partial charge in [0.2, 0.25) is 0 Å². The van der Waals surface area contributed by atoms with Crippen molar-refractivity contribution in [2.24, 2.45) is 0 Å². The van der Waals surface area contributed by atoms with Crippen LogP contribution in [0.4, 0.5) is 0 Å². The van der Waals surface area contributed by atoms with E-state index in [0.717, 1.165) is 21.1 Å². The van der Waals surface area contributed by atoms with Gasteiger partial charge in [-0.3, -0.25) is 0 Å². The first-order valence-corrected chi connectivity index (χ1v) is 7.23. The Hall–Kier alpha value is -1.37. The summed E-state index contributed by atoms with van der Waals surface area (Å²) in [6.07, 6.45) is 0.443. The number of nitrogens with zero attached hydrogens (tertiary/aromatic N) is 2. The molecule has 1 heterocycles. The SMILES string of the molecule is Cc1nc(-c2cc(Cl)cc(Cl)c2)sc1CCO[N+](=O)[O-]. The van der Waals surface area contributed by atoms with Crippen LogP contribution < -0.4 is 0 Å². The lowest BCUT2D eigenvalue weighted by Gasteiger charge is -1.99. The third kappa shape index (κ3) is 3.82. The quantitative estimate of drug-likeness (QED) is 0.608. The van der Waals surface area contributed by atoms with Crippen LogP contribution in [-0.4, -0.2) is 16.7 Å². The Morgan fingerprint density at radius 2 is 2.00 bits per heavy atom. The number of hydrogen-bond acceptors (Lipinski definition) is 5. The molecular formula is C12H10Cl2N2O3S. The molecule has 0 N–H and O–H groups in total. The molecule has 0 bridgehead atoms. The van der Waals surface area contributed by atoms with E-state index >= 15 is 0 Å². The summed E-state index contributed by atoms with van der Waals surface area (Å²) < 4.78 is 0. The number of rotatable bonds is 5. The lowest BCUT2D eigenvalue weighted by molar-refractivity contribution is -0.757. The number of thiazole rings is 1. The standard InChI is InChI=1S/C12H10Cl2N2O3S/c1-7-11(2-3-19-16(17)18)20-12(15-7)8-4-9(13)6-10(14)5-8/h4-6H,2-3H2,1H3. The summed E-state index contributed by atoms with van der Waals surface area (Å²) in [5, 5.41) is 11.2. The van der Waals surface area contributed by atoms with E-state index < -0.39 is 5.09 Å². The molecule has 2 aromatic rings. The van der Waals surface area contributed by atoms with Crippen LogP contribution in [0.2, 0.25) is 10.0 Å². The number of halogens is 2. The van der Waals surface area contributed by atoms with Gasteiger partial charge in [-0.15, -0.1) is 21.5 Å². The highest BCUT2D eigenvalue weighted by Crippen LogP contribution is 2.32. The second-order valence-corrected chi connectivity index (χ2v) is 5.95. The van der Waals surface area contributed by atoms with Crippen molar-refractivity contribution >= 4 is 34.5 Å². The van der Waals surface area contributed by atoms with Gasteiger partial charge in [0.15, 0.2) is 0 Å². The van der Waals surface area contributed by atoms with Crippen LogP contribution in [0.15, 0.2) is 18.2 Å². The van der Waals surface area contributed by atoms with Crippen molar-refractivity contribution < 1.29 is 9.92 Å². The first-order valence-electron chi connectivity index (χ1n) is 5.66. The van der Waals surface area contributed by atoms with Gasteiger partial charge in [-0.05, 0) is 25.1 Å². The van der Waals surface area contributed by atoms with Crippen LogP contribution in [0.3, 0.4) is 0 Å². The minimum Gasteiger partial charge on any atom is -0.314 e. The van der Waals surface area contributed by atoms with Crippen LogP contribution in [-0.2, 0) is 11.3 Å². The molecule has 0 saturated heterocycles. The van der Waals surface area contributed by atoms with E-state index in [0.29, 0.717) is 16.5 Å². The summed E-state index contributed by atoms with van der Waals surface area (Å²) in [5.74, 6) is 0. The average Bonchev–Trinajstić information content (AvgIpc) is 2.69. The third-order valence-electron chi connectivity index (χ3n) is 2.53. The molecule has 0 amide bonds. The van der Waals surface area contributed by atoms with Crippen molar-refractivity contribution in [3.8, 4) is 10.6 Å². The van der Waals surface area contributed by atoms with Crippen molar-refractivity contribution in [2.75, 3.05) is 6.61 Å². The first-order chi connectivity index (χ1) is 9.45. The van der Waals surface area contributed by atoms with Crippen molar-refractivity contribution in [2.45, 2.75) is 13.3 Å². The fourth-order valence-electron chi connectivity index (χ4n) is 1.67. The van der Waals surface area contributed by atoms with E-state index in [9.17, 15) is 10.1 Å². The highest BCUT2D eigenvalue weighted by molar-refractivity contribution is 7.15. The molecule has 0 saturated carbocycles. The fraction of sp³-hybridized carbons (Fsp3) is 0.250. The molecule has 0 aliphatic heterocycles. The number of aryl methyl sites for hydroxylation is 1. The van der Waals surface area contributed by atoms with Gasteiger partial charge in [0, 0.05) is 26.9 Å². The predicted molar refractivity (Wildman–Crippen MR) is 79.0 cm³/mol. The smallest absolute Gasteiger partial charge is 0.294 e. The van der Waals surface area contributed by atoms with E-state index in [1.54, 1.807) is 18.2 Å². The Bertz CT molecular complexity index is 625. The summed E-state index contributed by atoms with van der Waals surface area (Å²) in [4.78, 5) is 19.8. The van der Waals surface area contributed by atoms with Gasteiger partial charge in [0.05, 0.1) is 5.69 Å². The molecule has 5 nitrogen and oxygen atoms in total. The molecule has 8 heteroatoms. The third-order valence-corrected chi connectivity index (χ3v) is 4.23. The Morgan fingerprint density at radius 1 is 1.35 bits per heavy atom. The zero-order valence-electron chi connectivity index (χ0n) is 10.4. The maximum Gasteiger partial charge on any atom is 0.294 e. The van der Waals surface area contributed by atoms with Crippen LogP contribution >= 0.6 is 34.5 Å². The molecule has 0 spiro atoms. The maximum absolute atomic E-state index is 10.1. The zero-order chi connectivity index (χ0) is 14.7. The molecule has 106 valence electrons. The summed E-state index contributed by atoms with van der Waals surface area (Å²) in [6.45, 7) is 1.87. The van der Waals surface area contributed by atoms with Gasteiger partial charge in [-0.2, -0.15) is 0 Å². The number of aromatic nitrogens is 1. The highest BCUT2D eigenvalue weighted by Gasteiger charge is 2.11. The second kappa shape index (κ2) is 6.39. The van der Waals surface area contributed by atoms with E-state index in [1.165, 1.54) is 11.3 Å². The monoisotopic (exact) mass is 332 g/mol. The highest BCUT2D eigenvalue weighted by atomic mass is 35.5. The zero-order valence-corrected chi connectivity index (χ0v) is 12.8. The van der Waals surface area contributed by atoms with Gasteiger partial charge < -0.3 is 4.84 Å². The minimum atomic E-state index is -0.798. The molecule has 0 aliphatic carbocycles. The van der Waals surface area contributed by atoms with Gasteiger partial charge in [0.1, 0.15) is 11.6 Å². The lowest BCUT2D eigenvalue weighted by atomic mass is 10.2. The normalized spacial score (nSPS) is 10.6. The summed E-state index contributed by atoms with van der Waals surface area (Å²) in [5.41, 5.74) is 1.66. The Labute approximate surface area is 129 Å². The summed E-state index contributed by atoms with van der Waals surface area (Å²) >= 11 is 13.4. The molecule has 0 atom stereocenters. The first kappa shape index (κ1) is 15.0. The molecule has 1 aromatic carbocycles. The van der Waals surface area contributed by atoms with Crippen LogP contribution in [0, 0.1) is 17.0 Å². The molecular weight excluding hydrogens is 323 g/mol. The minimum absolute atomic E-state index is 0.0196. The van der Waals surface area contributed by atoms with E-state index in [2.05, 4.69) is 9.82 Å². The second-order valence-electron chi connectivity index (χ2n) is 3.99. The van der Waals surface area contributed by atoms with Crippen molar-refractivity contribution in [1.82, 2.24) is 4.98 Å². The molecule has 20 heavy (non-hydrogen) atoms. The van der Waals surface area contributed by atoms with Gasteiger partial charge >= 0.3 is 0 Å².